The van der Waals surface area contributed by atoms with Gasteiger partial charge in [0.1, 0.15) is 0 Å². The van der Waals surface area contributed by atoms with Crippen molar-refractivity contribution in [1.29, 1.82) is 0 Å². The Labute approximate surface area is 119 Å². The lowest BCUT2D eigenvalue weighted by molar-refractivity contribution is 0.0197. The Morgan fingerprint density at radius 1 is 1.53 bits per heavy atom. The first-order chi connectivity index (χ1) is 7.03. The molecule has 15 heavy (non-hydrogen) atoms. The second-order valence-corrected chi connectivity index (χ2v) is 8.57. The van der Waals surface area contributed by atoms with Crippen LogP contribution in [0.3, 0.4) is 0 Å². The SMILES string of the molecule is CC1(C(Br)c2cc(Br)sc2Br)CCCO1. The van der Waals surface area contributed by atoms with Crippen LogP contribution < -0.4 is 0 Å². The lowest BCUT2D eigenvalue weighted by Gasteiger charge is -2.29. The maximum absolute atomic E-state index is 5.84. The maximum Gasteiger partial charge on any atom is 0.0821 e. The summed E-state index contributed by atoms with van der Waals surface area (Å²) in [5.74, 6) is 0. The standard InChI is InChI=1S/C10H11Br3OS/c1-10(3-2-4-14-10)8(12)6-5-7(11)15-9(6)13/h5,8H,2-4H2,1H3. The molecule has 0 radical (unpaired) electrons. The van der Waals surface area contributed by atoms with Gasteiger partial charge in [-0.05, 0) is 63.3 Å². The van der Waals surface area contributed by atoms with E-state index in [2.05, 4.69) is 60.8 Å². The molecule has 1 aliphatic rings. The molecular weight excluding hydrogens is 408 g/mol. The molecule has 0 N–H and O–H groups in total. The molecule has 0 bridgehead atoms. The zero-order chi connectivity index (χ0) is 11.1. The van der Waals surface area contributed by atoms with E-state index in [9.17, 15) is 0 Å². The molecule has 2 unspecified atom stereocenters. The molecular formula is C10H11Br3OS. The third-order valence-corrected chi connectivity index (χ3v) is 6.59. The van der Waals surface area contributed by atoms with Gasteiger partial charge in [0.05, 0.1) is 18.0 Å². The fourth-order valence-corrected chi connectivity index (χ4v) is 5.94. The Balaban J connectivity index is 2.27. The summed E-state index contributed by atoms with van der Waals surface area (Å²) in [7, 11) is 0. The van der Waals surface area contributed by atoms with Gasteiger partial charge in [-0.2, -0.15) is 0 Å². The van der Waals surface area contributed by atoms with Gasteiger partial charge >= 0.3 is 0 Å². The van der Waals surface area contributed by atoms with E-state index in [1.54, 1.807) is 11.3 Å². The second-order valence-electron chi connectivity index (χ2n) is 3.91. The van der Waals surface area contributed by atoms with E-state index in [1.807, 2.05) is 0 Å². The number of hydrogen-bond acceptors (Lipinski definition) is 2. The smallest absolute Gasteiger partial charge is 0.0821 e. The Morgan fingerprint density at radius 2 is 2.27 bits per heavy atom. The summed E-state index contributed by atoms with van der Waals surface area (Å²) < 4.78 is 8.17. The van der Waals surface area contributed by atoms with Crippen molar-refractivity contribution >= 4 is 59.1 Å². The summed E-state index contributed by atoms with van der Waals surface area (Å²) in [6.07, 6.45) is 2.27. The zero-order valence-electron chi connectivity index (χ0n) is 8.23. The van der Waals surface area contributed by atoms with E-state index >= 15 is 0 Å². The highest BCUT2D eigenvalue weighted by Gasteiger charge is 2.39. The van der Waals surface area contributed by atoms with Crippen molar-refractivity contribution in [3.05, 3.63) is 19.2 Å². The molecule has 1 aromatic heterocycles. The Kier molecular flexibility index (Phi) is 3.99. The van der Waals surface area contributed by atoms with Gasteiger partial charge in [-0.15, -0.1) is 11.3 Å². The predicted molar refractivity (Wildman–Crippen MR) is 75.0 cm³/mol. The summed E-state index contributed by atoms with van der Waals surface area (Å²) in [5, 5.41) is 0. The van der Waals surface area contributed by atoms with Gasteiger partial charge in [0, 0.05) is 6.61 Å². The lowest BCUT2D eigenvalue weighted by Crippen LogP contribution is -2.28. The number of halogens is 3. The third-order valence-electron chi connectivity index (χ3n) is 2.74. The molecule has 0 spiro atoms. The number of thiophene rings is 1. The van der Waals surface area contributed by atoms with E-state index in [0.29, 0.717) is 0 Å². The predicted octanol–water partition coefficient (Wildman–Crippen LogP) is 5.28. The highest BCUT2D eigenvalue weighted by atomic mass is 79.9. The fourth-order valence-electron chi connectivity index (χ4n) is 1.86. The van der Waals surface area contributed by atoms with Gasteiger partial charge < -0.3 is 4.74 Å². The molecule has 84 valence electrons. The topological polar surface area (TPSA) is 9.23 Å². The van der Waals surface area contributed by atoms with Crippen molar-refractivity contribution < 1.29 is 4.74 Å². The molecule has 1 fully saturated rings. The molecule has 5 heteroatoms. The van der Waals surface area contributed by atoms with Gasteiger partial charge in [0.25, 0.3) is 0 Å². The quantitative estimate of drug-likeness (QED) is 0.594. The van der Waals surface area contributed by atoms with Gasteiger partial charge in [-0.1, -0.05) is 15.9 Å². The minimum Gasteiger partial charge on any atom is -0.374 e. The van der Waals surface area contributed by atoms with E-state index in [-0.39, 0.29) is 10.4 Å². The number of rotatable bonds is 2. The molecule has 2 atom stereocenters. The summed E-state index contributed by atoms with van der Waals surface area (Å²) in [5.41, 5.74) is 1.21. The van der Waals surface area contributed by atoms with Crippen LogP contribution in [0.25, 0.3) is 0 Å². The van der Waals surface area contributed by atoms with Crippen LogP contribution in [0.1, 0.15) is 30.2 Å². The monoisotopic (exact) mass is 416 g/mol. The first-order valence-corrected chi connectivity index (χ1v) is 8.07. The van der Waals surface area contributed by atoms with Crippen molar-refractivity contribution in [1.82, 2.24) is 0 Å². The van der Waals surface area contributed by atoms with Crippen molar-refractivity contribution in [2.24, 2.45) is 0 Å². The van der Waals surface area contributed by atoms with Gasteiger partial charge in [0.2, 0.25) is 0 Å². The highest BCUT2D eigenvalue weighted by molar-refractivity contribution is 9.12. The normalized spacial score (nSPS) is 28.3. The van der Waals surface area contributed by atoms with Crippen molar-refractivity contribution in [3.63, 3.8) is 0 Å². The van der Waals surface area contributed by atoms with Gasteiger partial charge in [-0.25, -0.2) is 0 Å². The minimum absolute atomic E-state index is 0.0664. The van der Waals surface area contributed by atoms with Crippen molar-refractivity contribution in [3.8, 4) is 0 Å². The van der Waals surface area contributed by atoms with E-state index in [0.717, 1.165) is 23.2 Å². The van der Waals surface area contributed by atoms with Crippen LogP contribution in [0.5, 0.6) is 0 Å². The van der Waals surface area contributed by atoms with Crippen LogP contribution in [0.2, 0.25) is 0 Å². The number of hydrogen-bond donors (Lipinski definition) is 0. The molecule has 1 aromatic rings. The molecule has 2 heterocycles. The maximum atomic E-state index is 5.84. The molecule has 0 saturated carbocycles. The molecule has 0 aliphatic carbocycles. The van der Waals surface area contributed by atoms with Crippen LogP contribution in [-0.4, -0.2) is 12.2 Å². The van der Waals surface area contributed by atoms with Crippen molar-refractivity contribution in [2.75, 3.05) is 6.61 Å². The highest BCUT2D eigenvalue weighted by Crippen LogP contribution is 2.48. The first-order valence-electron chi connectivity index (χ1n) is 4.76. The number of ether oxygens (including phenoxy) is 1. The molecule has 0 aromatic carbocycles. The average molecular weight is 419 g/mol. The largest absolute Gasteiger partial charge is 0.374 e. The Hall–Kier alpha value is 1.10. The third kappa shape index (κ3) is 2.51. The molecule has 1 nitrogen and oxygen atoms in total. The summed E-state index contributed by atoms with van der Waals surface area (Å²) in [4.78, 5) is 0.254. The Bertz CT molecular complexity index is 358. The van der Waals surface area contributed by atoms with E-state index < -0.39 is 0 Å². The zero-order valence-corrected chi connectivity index (χ0v) is 13.8. The fraction of sp³-hybridized carbons (Fsp3) is 0.600. The van der Waals surface area contributed by atoms with Crippen LogP contribution in [-0.2, 0) is 4.74 Å². The molecule has 1 aliphatic heterocycles. The van der Waals surface area contributed by atoms with E-state index in [1.165, 1.54) is 9.35 Å². The summed E-state index contributed by atoms with van der Waals surface area (Å²) in [6, 6.07) is 2.15. The van der Waals surface area contributed by atoms with Crippen LogP contribution in [0.4, 0.5) is 0 Å². The van der Waals surface area contributed by atoms with Crippen LogP contribution >= 0.6 is 59.1 Å². The summed E-state index contributed by atoms with van der Waals surface area (Å²) >= 11 is 12.6. The van der Waals surface area contributed by atoms with Gasteiger partial charge in [-0.3, -0.25) is 0 Å². The second kappa shape index (κ2) is 4.77. The first kappa shape index (κ1) is 12.6. The minimum atomic E-state index is -0.0664. The molecule has 0 amide bonds. The van der Waals surface area contributed by atoms with Gasteiger partial charge in [0.15, 0.2) is 0 Å². The van der Waals surface area contributed by atoms with Crippen LogP contribution in [0, 0.1) is 0 Å². The lowest BCUT2D eigenvalue weighted by atomic mass is 9.95. The van der Waals surface area contributed by atoms with Crippen molar-refractivity contribution in [2.45, 2.75) is 30.2 Å². The molecule has 1 saturated heterocycles. The molecule has 2 rings (SSSR count). The number of alkyl halides is 1. The summed E-state index contributed by atoms with van der Waals surface area (Å²) in [6.45, 7) is 3.05. The Morgan fingerprint density at radius 3 is 2.73 bits per heavy atom. The van der Waals surface area contributed by atoms with E-state index in [4.69, 9.17) is 4.74 Å². The average Bonchev–Trinajstić information content (AvgIpc) is 2.73. The van der Waals surface area contributed by atoms with Crippen LogP contribution in [0.15, 0.2) is 13.6 Å².